The highest BCUT2D eigenvalue weighted by Gasteiger charge is 2.14. The molecule has 0 bridgehead atoms. The molecule has 5 nitrogen and oxygen atoms in total. The predicted octanol–water partition coefficient (Wildman–Crippen LogP) is 2.56. The lowest BCUT2D eigenvalue weighted by atomic mass is 10.1. The van der Waals surface area contributed by atoms with Gasteiger partial charge in [0.15, 0.2) is 0 Å². The Kier molecular flexibility index (Phi) is 5.26. The quantitative estimate of drug-likeness (QED) is 0.751. The van der Waals surface area contributed by atoms with Crippen LogP contribution in [0.3, 0.4) is 0 Å². The summed E-state index contributed by atoms with van der Waals surface area (Å²) in [7, 11) is 0. The number of nitrogens with zero attached hydrogens (tertiary/aromatic N) is 3. The van der Waals surface area contributed by atoms with Crippen molar-refractivity contribution >= 4 is 5.65 Å². The zero-order valence-electron chi connectivity index (χ0n) is 14.6. The monoisotopic (exact) mass is 337 g/mol. The van der Waals surface area contributed by atoms with Crippen molar-refractivity contribution in [2.75, 3.05) is 13.1 Å². The number of aliphatic hydroxyl groups is 1. The van der Waals surface area contributed by atoms with Gasteiger partial charge < -0.3 is 5.11 Å². The van der Waals surface area contributed by atoms with E-state index >= 15 is 0 Å². The molecule has 1 N–H and O–H groups in total. The molecule has 0 amide bonds. The molecule has 1 unspecified atom stereocenters. The number of hydrogen-bond donors (Lipinski definition) is 1. The lowest BCUT2D eigenvalue weighted by Gasteiger charge is -2.23. The van der Waals surface area contributed by atoms with Crippen LogP contribution in [0.15, 0.2) is 59.5 Å². The summed E-state index contributed by atoms with van der Waals surface area (Å²) in [6, 6.07) is 15.0. The molecule has 5 heteroatoms. The second kappa shape index (κ2) is 7.59. The minimum atomic E-state index is -0.567. The summed E-state index contributed by atoms with van der Waals surface area (Å²) in [5.41, 5.74) is 3.34. The topological polar surface area (TPSA) is 57.8 Å². The molecule has 0 radical (unpaired) electrons. The van der Waals surface area contributed by atoms with Crippen molar-refractivity contribution in [1.29, 1.82) is 0 Å². The van der Waals surface area contributed by atoms with Crippen LogP contribution in [0, 0.1) is 6.92 Å². The molecule has 0 saturated heterocycles. The molecule has 25 heavy (non-hydrogen) atoms. The molecule has 130 valence electrons. The Hall–Kier alpha value is -2.50. The third-order valence-corrected chi connectivity index (χ3v) is 4.35. The summed E-state index contributed by atoms with van der Waals surface area (Å²) in [5.74, 6) is 0. The van der Waals surface area contributed by atoms with E-state index < -0.39 is 6.10 Å². The molecule has 3 aromatic rings. The number of rotatable bonds is 6. The third-order valence-electron chi connectivity index (χ3n) is 4.35. The predicted molar refractivity (Wildman–Crippen MR) is 98.6 cm³/mol. The van der Waals surface area contributed by atoms with E-state index in [1.807, 2.05) is 56.3 Å². The molecule has 3 rings (SSSR count). The number of benzene rings is 1. The highest BCUT2D eigenvalue weighted by Crippen LogP contribution is 2.16. The first-order chi connectivity index (χ1) is 12.1. The van der Waals surface area contributed by atoms with E-state index in [1.54, 1.807) is 12.3 Å². The highest BCUT2D eigenvalue weighted by molar-refractivity contribution is 5.38. The molecule has 0 aliphatic rings. The van der Waals surface area contributed by atoms with Crippen LogP contribution in [0.1, 0.15) is 29.8 Å². The minimum absolute atomic E-state index is 0.0873. The van der Waals surface area contributed by atoms with Gasteiger partial charge in [0.2, 0.25) is 0 Å². The first kappa shape index (κ1) is 17.3. The van der Waals surface area contributed by atoms with Gasteiger partial charge in [0.1, 0.15) is 5.65 Å². The van der Waals surface area contributed by atoms with Gasteiger partial charge in [-0.25, -0.2) is 4.98 Å². The number of likely N-dealkylation sites (N-methyl/N-ethyl adjacent to an activating group) is 1. The van der Waals surface area contributed by atoms with Gasteiger partial charge in [-0.15, -0.1) is 0 Å². The van der Waals surface area contributed by atoms with Crippen molar-refractivity contribution < 1.29 is 5.11 Å². The molecule has 1 atom stereocenters. The molecular formula is C20H23N3O2. The van der Waals surface area contributed by atoms with Gasteiger partial charge in [-0.2, -0.15) is 0 Å². The van der Waals surface area contributed by atoms with Crippen LogP contribution in [0.5, 0.6) is 0 Å². The zero-order valence-corrected chi connectivity index (χ0v) is 14.6. The average Bonchev–Trinajstić information content (AvgIpc) is 2.61. The maximum atomic E-state index is 12.2. The fraction of sp³-hybridized carbons (Fsp3) is 0.300. The van der Waals surface area contributed by atoms with Crippen LogP contribution < -0.4 is 5.56 Å². The maximum Gasteiger partial charge on any atom is 0.258 e. The van der Waals surface area contributed by atoms with E-state index in [2.05, 4.69) is 9.88 Å². The summed E-state index contributed by atoms with van der Waals surface area (Å²) < 4.78 is 1.53. The van der Waals surface area contributed by atoms with Crippen molar-refractivity contribution in [3.8, 4) is 0 Å². The zero-order chi connectivity index (χ0) is 17.8. The average molecular weight is 337 g/mol. The third kappa shape index (κ3) is 4.13. The molecule has 0 aliphatic heterocycles. The SMILES string of the molecule is CCN(Cc1cc(=O)n2ccccc2n1)CC(O)c1ccc(C)cc1. The molecular weight excluding hydrogens is 314 g/mol. The normalized spacial score (nSPS) is 12.6. The Morgan fingerprint density at radius 1 is 1.20 bits per heavy atom. The van der Waals surface area contributed by atoms with E-state index in [0.29, 0.717) is 24.4 Å². The molecule has 2 aromatic heterocycles. The Bertz CT molecular complexity index is 903. The second-order valence-corrected chi connectivity index (χ2v) is 6.27. The first-order valence-corrected chi connectivity index (χ1v) is 8.51. The number of fused-ring (bicyclic) bond motifs is 1. The number of aryl methyl sites for hydroxylation is 1. The molecule has 2 heterocycles. The summed E-state index contributed by atoms with van der Waals surface area (Å²) >= 11 is 0. The lowest BCUT2D eigenvalue weighted by molar-refractivity contribution is 0.111. The fourth-order valence-corrected chi connectivity index (χ4v) is 2.86. The van der Waals surface area contributed by atoms with Crippen molar-refractivity contribution in [3.05, 3.63) is 81.9 Å². The molecule has 0 saturated carbocycles. The van der Waals surface area contributed by atoms with E-state index in [1.165, 1.54) is 9.96 Å². The molecule has 0 fully saturated rings. The van der Waals surface area contributed by atoms with Gasteiger partial charge in [-0.05, 0) is 31.2 Å². The largest absolute Gasteiger partial charge is 0.387 e. The Morgan fingerprint density at radius 3 is 2.68 bits per heavy atom. The van der Waals surface area contributed by atoms with Crippen LogP contribution in [0.25, 0.3) is 5.65 Å². The summed E-state index contributed by atoms with van der Waals surface area (Å²) in [6.45, 7) is 5.85. The Balaban J connectivity index is 1.75. The fourth-order valence-electron chi connectivity index (χ4n) is 2.86. The van der Waals surface area contributed by atoms with Gasteiger partial charge >= 0.3 is 0 Å². The van der Waals surface area contributed by atoms with E-state index in [4.69, 9.17) is 0 Å². The number of hydrogen-bond acceptors (Lipinski definition) is 4. The minimum Gasteiger partial charge on any atom is -0.387 e. The standard InChI is InChI=1S/C20H23N3O2/c1-3-22(14-18(24)16-9-7-15(2)8-10-16)13-17-12-20(25)23-11-5-4-6-19(23)21-17/h4-12,18,24H,3,13-14H2,1-2H3. The first-order valence-electron chi connectivity index (χ1n) is 8.51. The van der Waals surface area contributed by atoms with Crippen molar-refractivity contribution in [2.45, 2.75) is 26.5 Å². The summed E-state index contributed by atoms with van der Waals surface area (Å²) in [6.07, 6.45) is 1.15. The molecule has 0 aliphatic carbocycles. The van der Waals surface area contributed by atoms with Gasteiger partial charge in [-0.1, -0.05) is 42.8 Å². The number of pyridine rings is 1. The van der Waals surface area contributed by atoms with Gasteiger partial charge in [-0.3, -0.25) is 14.1 Å². The van der Waals surface area contributed by atoms with E-state index in [0.717, 1.165) is 12.1 Å². The van der Waals surface area contributed by atoms with Crippen molar-refractivity contribution in [1.82, 2.24) is 14.3 Å². The van der Waals surface area contributed by atoms with Gasteiger partial charge in [0.05, 0.1) is 11.8 Å². The maximum absolute atomic E-state index is 12.2. The lowest BCUT2D eigenvalue weighted by Crippen LogP contribution is -2.29. The Labute approximate surface area is 147 Å². The van der Waals surface area contributed by atoms with Crippen LogP contribution >= 0.6 is 0 Å². The molecule has 1 aromatic carbocycles. The van der Waals surface area contributed by atoms with E-state index in [9.17, 15) is 9.90 Å². The smallest absolute Gasteiger partial charge is 0.258 e. The summed E-state index contributed by atoms with van der Waals surface area (Å²) in [4.78, 5) is 18.8. The Morgan fingerprint density at radius 2 is 1.96 bits per heavy atom. The van der Waals surface area contributed by atoms with Crippen LogP contribution in [-0.2, 0) is 6.54 Å². The summed E-state index contributed by atoms with van der Waals surface area (Å²) in [5, 5.41) is 10.5. The van der Waals surface area contributed by atoms with Crippen LogP contribution in [-0.4, -0.2) is 32.5 Å². The highest BCUT2D eigenvalue weighted by atomic mass is 16.3. The molecule has 0 spiro atoms. The van der Waals surface area contributed by atoms with Crippen molar-refractivity contribution in [2.24, 2.45) is 0 Å². The second-order valence-electron chi connectivity index (χ2n) is 6.27. The number of aliphatic hydroxyl groups excluding tert-OH is 1. The number of aromatic nitrogens is 2. The van der Waals surface area contributed by atoms with E-state index in [-0.39, 0.29) is 5.56 Å². The van der Waals surface area contributed by atoms with Gasteiger partial charge in [0.25, 0.3) is 5.56 Å². The van der Waals surface area contributed by atoms with Crippen molar-refractivity contribution in [3.63, 3.8) is 0 Å². The van der Waals surface area contributed by atoms with Crippen LogP contribution in [0.2, 0.25) is 0 Å². The van der Waals surface area contributed by atoms with Crippen LogP contribution in [0.4, 0.5) is 0 Å². The van der Waals surface area contributed by atoms with Gasteiger partial charge in [0, 0.05) is 25.4 Å².